The van der Waals surface area contributed by atoms with Crippen LogP contribution in [0.2, 0.25) is 0 Å². The van der Waals surface area contributed by atoms with Crippen molar-refractivity contribution in [3.63, 3.8) is 0 Å². The van der Waals surface area contributed by atoms with Crippen LogP contribution in [0.15, 0.2) is 65.7 Å². The van der Waals surface area contributed by atoms with E-state index >= 15 is 0 Å². The van der Waals surface area contributed by atoms with Crippen molar-refractivity contribution in [2.45, 2.75) is 44.4 Å². The third-order valence-corrected chi connectivity index (χ3v) is 7.95. The average molecular weight is 545 g/mol. The zero-order valence-corrected chi connectivity index (χ0v) is 23.3. The van der Waals surface area contributed by atoms with E-state index in [1.54, 1.807) is 25.3 Å². The van der Waals surface area contributed by atoms with Gasteiger partial charge in [-0.25, -0.2) is 19.0 Å². The van der Waals surface area contributed by atoms with Gasteiger partial charge in [0.1, 0.15) is 5.82 Å². The topological polar surface area (TPSA) is 121 Å². The van der Waals surface area contributed by atoms with Crippen molar-refractivity contribution in [3.8, 4) is 11.4 Å². The average Bonchev–Trinajstić information content (AvgIpc) is 2.90. The predicted octanol–water partition coefficient (Wildman–Crippen LogP) is 4.58. The smallest absolute Gasteiger partial charge is 0.251 e. The number of morpholine rings is 1. The molecule has 1 amide bonds. The number of carbonyl (C=O) groups is 1. The van der Waals surface area contributed by atoms with Crippen LogP contribution in [0.25, 0.3) is 22.3 Å². The highest BCUT2D eigenvalue weighted by Crippen LogP contribution is 2.24. The summed E-state index contributed by atoms with van der Waals surface area (Å²) in [5, 5.41) is 3.75. The largest absolute Gasteiger partial charge is 0.372 e. The standard InChI is InChI=1S/C29H32N6O3S/c1-18-8-9-21(12-27(18)39(4,30)37)29(36)32-15-23-13-26-22(14-31-23)10-11-25(33-26)24-6-5-7-28(34-24)35-16-19(2)38-20(3)17-35/h5-14,19-20,30H,15-17H2,1-4H3,(H,32,36)/t19-,20+,39-/m0/s1. The van der Waals surface area contributed by atoms with Crippen molar-refractivity contribution < 1.29 is 13.7 Å². The number of nitrogens with zero attached hydrogens (tertiary/aromatic N) is 4. The van der Waals surface area contributed by atoms with E-state index in [4.69, 9.17) is 19.5 Å². The maximum absolute atomic E-state index is 12.8. The lowest BCUT2D eigenvalue weighted by Crippen LogP contribution is -2.45. The van der Waals surface area contributed by atoms with Crippen LogP contribution in [0, 0.1) is 11.7 Å². The van der Waals surface area contributed by atoms with Crippen LogP contribution >= 0.6 is 0 Å². The number of pyridine rings is 3. The van der Waals surface area contributed by atoms with Crippen LogP contribution in [-0.4, -0.2) is 56.6 Å². The first-order chi connectivity index (χ1) is 18.6. The monoisotopic (exact) mass is 544 g/mol. The molecule has 2 N–H and O–H groups in total. The first-order valence-electron chi connectivity index (χ1n) is 12.8. The Morgan fingerprint density at radius 1 is 1.08 bits per heavy atom. The summed E-state index contributed by atoms with van der Waals surface area (Å²) in [4.78, 5) is 29.6. The zero-order chi connectivity index (χ0) is 27.7. The molecule has 3 atom stereocenters. The molecule has 4 heterocycles. The van der Waals surface area contributed by atoms with Crippen molar-refractivity contribution in [3.05, 3.63) is 77.6 Å². The van der Waals surface area contributed by atoms with Gasteiger partial charge in [-0.2, -0.15) is 0 Å². The van der Waals surface area contributed by atoms with Gasteiger partial charge in [0.2, 0.25) is 0 Å². The summed E-state index contributed by atoms with van der Waals surface area (Å²) < 4.78 is 26.0. The highest BCUT2D eigenvalue weighted by Gasteiger charge is 2.23. The summed E-state index contributed by atoms with van der Waals surface area (Å²) in [6.07, 6.45) is 3.38. The molecule has 1 fully saturated rings. The highest BCUT2D eigenvalue weighted by atomic mass is 32.2. The van der Waals surface area contributed by atoms with Gasteiger partial charge in [0, 0.05) is 36.5 Å². The van der Waals surface area contributed by atoms with E-state index in [-0.39, 0.29) is 24.7 Å². The van der Waals surface area contributed by atoms with Crippen molar-refractivity contribution in [2.24, 2.45) is 0 Å². The Kier molecular flexibility index (Phi) is 7.33. The Balaban J connectivity index is 1.34. The maximum atomic E-state index is 12.8. The molecule has 202 valence electrons. The molecular formula is C29H32N6O3S. The molecule has 10 heteroatoms. The number of anilines is 1. The molecule has 1 saturated heterocycles. The minimum Gasteiger partial charge on any atom is -0.372 e. The first kappa shape index (κ1) is 26.7. The van der Waals surface area contributed by atoms with Crippen LogP contribution in [0.4, 0.5) is 5.82 Å². The van der Waals surface area contributed by atoms with Gasteiger partial charge < -0.3 is 15.0 Å². The highest BCUT2D eigenvalue weighted by molar-refractivity contribution is 7.91. The molecule has 3 aromatic heterocycles. The van der Waals surface area contributed by atoms with Gasteiger partial charge in [0.15, 0.2) is 0 Å². The number of hydrogen-bond acceptors (Lipinski definition) is 8. The number of aryl methyl sites for hydroxylation is 1. The number of ether oxygens (including phenoxy) is 1. The van der Waals surface area contributed by atoms with E-state index in [1.807, 2.05) is 36.4 Å². The van der Waals surface area contributed by atoms with E-state index in [1.165, 1.54) is 12.3 Å². The number of carbonyl (C=O) groups excluding carboxylic acids is 1. The summed E-state index contributed by atoms with van der Waals surface area (Å²) in [5.74, 6) is 0.578. The SMILES string of the molecule is Cc1ccc(C(=O)NCc2cc3nc(-c4cccc(N5C[C@@H](C)O[C@@H](C)C5)n4)ccc3cn2)cc1[S@@](C)(=N)=O. The molecule has 1 aromatic carbocycles. The van der Waals surface area contributed by atoms with E-state index in [0.717, 1.165) is 46.8 Å². The summed E-state index contributed by atoms with van der Waals surface area (Å²) in [5.41, 5.74) is 4.03. The molecule has 0 aliphatic carbocycles. The molecule has 9 nitrogen and oxygen atoms in total. The van der Waals surface area contributed by atoms with Crippen LogP contribution in [0.5, 0.6) is 0 Å². The van der Waals surface area contributed by atoms with Crippen molar-refractivity contribution >= 4 is 32.4 Å². The van der Waals surface area contributed by atoms with Gasteiger partial charge in [-0.15, -0.1) is 0 Å². The van der Waals surface area contributed by atoms with Crippen molar-refractivity contribution in [1.82, 2.24) is 20.3 Å². The van der Waals surface area contributed by atoms with Gasteiger partial charge in [-0.1, -0.05) is 12.1 Å². The number of rotatable bonds is 6. The van der Waals surface area contributed by atoms with Crippen LogP contribution in [0.3, 0.4) is 0 Å². The zero-order valence-electron chi connectivity index (χ0n) is 22.5. The van der Waals surface area contributed by atoms with E-state index in [2.05, 4.69) is 29.0 Å². The first-order valence-corrected chi connectivity index (χ1v) is 14.8. The van der Waals surface area contributed by atoms with E-state index < -0.39 is 9.73 Å². The lowest BCUT2D eigenvalue weighted by Gasteiger charge is -2.36. The third kappa shape index (κ3) is 6.07. The molecule has 39 heavy (non-hydrogen) atoms. The Labute approximate surface area is 228 Å². The molecular weight excluding hydrogens is 512 g/mol. The van der Waals surface area contributed by atoms with E-state index in [9.17, 15) is 9.00 Å². The Bertz CT molecular complexity index is 1650. The van der Waals surface area contributed by atoms with Gasteiger partial charge in [-0.3, -0.25) is 9.78 Å². The fourth-order valence-electron chi connectivity index (χ4n) is 4.84. The molecule has 0 spiro atoms. The normalized spacial score (nSPS) is 19.0. The quantitative estimate of drug-likeness (QED) is 0.364. The Morgan fingerprint density at radius 2 is 1.82 bits per heavy atom. The number of benzene rings is 1. The lowest BCUT2D eigenvalue weighted by atomic mass is 10.1. The molecule has 1 aliphatic rings. The second kappa shape index (κ2) is 10.7. The minimum atomic E-state index is -2.94. The van der Waals surface area contributed by atoms with Crippen molar-refractivity contribution in [2.75, 3.05) is 24.2 Å². The number of hydrogen-bond donors (Lipinski definition) is 2. The van der Waals surface area contributed by atoms with E-state index in [0.29, 0.717) is 16.2 Å². The lowest BCUT2D eigenvalue weighted by molar-refractivity contribution is -0.00545. The molecule has 0 bridgehead atoms. The minimum absolute atomic E-state index is 0.142. The summed E-state index contributed by atoms with van der Waals surface area (Å²) in [6.45, 7) is 7.71. The number of amides is 1. The molecule has 5 rings (SSSR count). The second-order valence-electron chi connectivity index (χ2n) is 10.1. The summed E-state index contributed by atoms with van der Waals surface area (Å²) in [7, 11) is -2.94. The molecule has 0 unspecified atom stereocenters. The van der Waals surface area contributed by atoms with Gasteiger partial charge in [-0.05, 0) is 68.8 Å². The molecule has 0 radical (unpaired) electrons. The van der Waals surface area contributed by atoms with Crippen molar-refractivity contribution in [1.29, 1.82) is 4.78 Å². The molecule has 0 saturated carbocycles. The van der Waals surface area contributed by atoms with Gasteiger partial charge in [0.05, 0.1) is 56.0 Å². The summed E-state index contributed by atoms with van der Waals surface area (Å²) in [6, 6.07) is 16.6. The number of fused-ring (bicyclic) bond motifs is 1. The fraction of sp³-hybridized carbons (Fsp3) is 0.310. The predicted molar refractivity (Wildman–Crippen MR) is 152 cm³/mol. The number of aromatic nitrogens is 3. The van der Waals surface area contributed by atoms with Crippen LogP contribution in [-0.2, 0) is 21.0 Å². The van der Waals surface area contributed by atoms with Crippen LogP contribution in [0.1, 0.15) is 35.5 Å². The Hall–Kier alpha value is -3.89. The second-order valence-corrected chi connectivity index (χ2v) is 12.2. The Morgan fingerprint density at radius 3 is 2.56 bits per heavy atom. The van der Waals surface area contributed by atoms with Gasteiger partial charge >= 0.3 is 0 Å². The summed E-state index contributed by atoms with van der Waals surface area (Å²) >= 11 is 0. The number of nitrogens with one attached hydrogen (secondary N) is 2. The van der Waals surface area contributed by atoms with Gasteiger partial charge in [0.25, 0.3) is 5.91 Å². The fourth-order valence-corrected chi connectivity index (χ4v) is 5.87. The maximum Gasteiger partial charge on any atom is 0.251 e. The molecule has 4 aromatic rings. The molecule has 1 aliphatic heterocycles. The van der Waals surface area contributed by atoms with Crippen LogP contribution < -0.4 is 10.2 Å². The third-order valence-electron chi connectivity index (χ3n) is 6.67.